The number of H-pyrrole nitrogens is 1. The Labute approximate surface area is 688 Å². The summed E-state index contributed by atoms with van der Waals surface area (Å²) in [5.41, 5.74) is 14.8. The van der Waals surface area contributed by atoms with Crippen LogP contribution >= 0.6 is 11.8 Å². The zero-order chi connectivity index (χ0) is 85.7. The molecule has 0 saturated heterocycles. The number of nitrogens with two attached hydrogens (primary N) is 2. The van der Waals surface area contributed by atoms with Crippen LogP contribution in [0.25, 0.3) is 44.3 Å². The van der Waals surface area contributed by atoms with Gasteiger partial charge < -0.3 is 78.7 Å². The molecule has 0 unspecified atom stereocenters. The monoisotopic (exact) mass is 1640 g/mol. The molecule has 0 fully saturated rings. The highest BCUT2D eigenvalue weighted by Crippen LogP contribution is 2.42. The largest absolute Gasteiger partial charge is 0.508 e. The first-order valence-corrected chi connectivity index (χ1v) is 41.1. The number of phenolic OH excluding ortho intramolecular Hbond substituents is 2. The Morgan fingerprint density at radius 2 is 1.18 bits per heavy atom. The van der Waals surface area contributed by atoms with Crippen LogP contribution in [0, 0.1) is 40.9 Å². The number of aromatic hydroxyl groups is 2. The third-order valence-electron chi connectivity index (χ3n) is 20.9. The van der Waals surface area contributed by atoms with Gasteiger partial charge in [-0.05, 0) is 165 Å². The number of amides is 7. The van der Waals surface area contributed by atoms with Crippen LogP contribution in [-0.2, 0) is 67.2 Å². The predicted octanol–water partition coefficient (Wildman–Crippen LogP) is 7.95. The molecule has 118 heavy (non-hydrogen) atoms. The fourth-order valence-electron chi connectivity index (χ4n) is 14.4. The van der Waals surface area contributed by atoms with Gasteiger partial charge in [0.05, 0.1) is 29.7 Å². The molecule has 6 aromatic rings. The molecule has 17 N–H and O–H groups in total. The average Bonchev–Trinajstić information content (AvgIpc) is 0.926. The van der Waals surface area contributed by atoms with Gasteiger partial charge in [-0.25, -0.2) is 4.79 Å². The van der Waals surface area contributed by atoms with Crippen molar-refractivity contribution in [3.05, 3.63) is 178 Å². The van der Waals surface area contributed by atoms with Crippen LogP contribution in [0.1, 0.15) is 142 Å². The number of fused-ring (bicyclic) bond motifs is 3. The lowest BCUT2D eigenvalue weighted by Gasteiger charge is -2.29. The summed E-state index contributed by atoms with van der Waals surface area (Å²) in [4.78, 5) is 186. The third kappa shape index (κ3) is 26.7. The lowest BCUT2D eigenvalue weighted by molar-refractivity contribution is -0.137. The highest BCUT2D eigenvalue weighted by atomic mass is 32.2. The number of nitrogens with one attached hydrogen (secondary N) is 10. The average molecular weight is 1640 g/mol. The zero-order valence-corrected chi connectivity index (χ0v) is 68.1. The number of aromatic carboxylic acids is 1. The molecule has 1 aliphatic heterocycles. The van der Waals surface area contributed by atoms with E-state index in [9.17, 15) is 63.3 Å². The number of carbonyl (C=O) groups is 12. The van der Waals surface area contributed by atoms with Crippen molar-refractivity contribution in [3.8, 4) is 33.9 Å². The molecule has 1 aliphatic carbocycles. The van der Waals surface area contributed by atoms with E-state index in [4.69, 9.17) is 21.3 Å². The summed E-state index contributed by atoms with van der Waals surface area (Å²) in [5, 5.41) is 62.2. The standard InChI is InChI=1S/C88H108N12O17S/c1-50(2)66(86(114)98-70(33-38-118-6)73(105)45-57(82(110)92-5)41-58-49-96-68-19-11-10-18-62(58)68)48-75(107)81(51(3)4)100-85(113)56(39-53-21-24-59(101)25-22-53)44-74(106)71(40-52-15-8-7-9-16-52)99-84(112)54(17-14-35-95-88(90)91)43-72(104)69(20-12-13-34-89)97-79(109)32-36-93-78(108)31-37-94-83(111)55-23-28-63(67(42-55)87(115)116)80-64-29-26-60(102)46-76(64)117-77-47-61(103)27-30-65(77)80/h7-11,15-16,18-19,21-30,42,46-47,49-51,54,56-57,66,69-71,81,96,101-102H,12-14,17,20,31-41,43-45,48,89H2,1-6H3,(H,92,110)(H,93,108)(H,94,111)(H,97,109)(H,98,114)(H,99,112)(H,100,113)(H,115,116)(H4,90,91,95)/t54-,56-,57-,66+,69+,70+,71+,81+/m1/s1. The topological polar surface area (TPSA) is 484 Å². The minimum atomic E-state index is -1.37. The van der Waals surface area contributed by atoms with Gasteiger partial charge in [-0.1, -0.05) is 94.4 Å². The number of para-hydroxylation sites is 1. The van der Waals surface area contributed by atoms with E-state index < -0.39 is 131 Å². The Kier molecular flexibility index (Phi) is 34.8. The summed E-state index contributed by atoms with van der Waals surface area (Å²) in [5.74, 6) is -12.5. The van der Waals surface area contributed by atoms with E-state index in [0.29, 0.717) is 46.2 Å². The number of rotatable bonds is 48. The summed E-state index contributed by atoms with van der Waals surface area (Å²) in [7, 11) is 1.50. The second-order valence-electron chi connectivity index (χ2n) is 30.4. The van der Waals surface area contributed by atoms with E-state index in [1.807, 2.05) is 36.7 Å². The van der Waals surface area contributed by atoms with Crippen LogP contribution < -0.4 is 59.4 Å². The first-order valence-electron chi connectivity index (χ1n) is 39.7. The molecule has 8 atom stereocenters. The van der Waals surface area contributed by atoms with E-state index >= 15 is 14.4 Å². The van der Waals surface area contributed by atoms with Gasteiger partial charge in [-0.3, -0.25) is 62.9 Å². The summed E-state index contributed by atoms with van der Waals surface area (Å²) < 4.78 is 5.91. The van der Waals surface area contributed by atoms with Crippen LogP contribution in [0.4, 0.5) is 0 Å². The Balaban J connectivity index is 0.924. The van der Waals surface area contributed by atoms with Crippen molar-refractivity contribution in [2.24, 2.45) is 47.0 Å². The van der Waals surface area contributed by atoms with Crippen molar-refractivity contribution in [3.63, 3.8) is 0 Å². The second-order valence-corrected chi connectivity index (χ2v) is 31.4. The number of hydrogen-bond acceptors (Lipinski definition) is 19. The quantitative estimate of drug-likeness (QED) is 0.00744. The molecule has 29 nitrogen and oxygen atoms in total. The van der Waals surface area contributed by atoms with Crippen molar-refractivity contribution < 1.29 is 77.3 Å². The second kappa shape index (κ2) is 44.9. The first-order chi connectivity index (χ1) is 56.4. The summed E-state index contributed by atoms with van der Waals surface area (Å²) >= 11 is 1.48. The molecule has 0 spiro atoms. The number of guanidine groups is 1. The number of ketones is 4. The molecule has 0 radical (unpaired) electrons. The number of aromatic nitrogens is 1. The summed E-state index contributed by atoms with van der Waals surface area (Å²) in [6.07, 6.45) is 3.24. The number of benzene rings is 6. The Hall–Kier alpha value is -12.1. The summed E-state index contributed by atoms with van der Waals surface area (Å²) in [6, 6.07) is 30.1. The third-order valence-corrected chi connectivity index (χ3v) is 21.6. The van der Waals surface area contributed by atoms with Crippen LogP contribution in [0.2, 0.25) is 0 Å². The smallest absolute Gasteiger partial charge is 0.336 e. The molecule has 2 aliphatic rings. The number of hydrogen-bond donors (Lipinski definition) is 15. The molecular weight excluding hydrogens is 1530 g/mol. The Bertz CT molecular complexity index is 4910. The number of thioether (sulfide) groups is 1. The number of carboxylic acids is 1. The van der Waals surface area contributed by atoms with E-state index in [0.717, 1.165) is 16.5 Å². The minimum absolute atomic E-state index is 0.0224. The molecule has 2 heterocycles. The molecule has 5 aromatic carbocycles. The van der Waals surface area contributed by atoms with E-state index in [1.54, 1.807) is 76.2 Å². The maximum absolute atomic E-state index is 15.2. The van der Waals surface area contributed by atoms with Gasteiger partial charge in [-0.15, -0.1) is 0 Å². The van der Waals surface area contributed by atoms with Crippen LogP contribution in [0.3, 0.4) is 0 Å². The van der Waals surface area contributed by atoms with Gasteiger partial charge in [0.25, 0.3) is 5.91 Å². The Morgan fingerprint density at radius 3 is 1.86 bits per heavy atom. The lowest BCUT2D eigenvalue weighted by Crippen LogP contribution is -2.51. The van der Waals surface area contributed by atoms with Crippen LogP contribution in [0.5, 0.6) is 11.5 Å². The lowest BCUT2D eigenvalue weighted by atomic mass is 9.84. The van der Waals surface area contributed by atoms with Gasteiger partial charge in [0.15, 0.2) is 34.5 Å². The normalized spacial score (nSPS) is 13.4. The molecule has 7 amide bonds. The van der Waals surface area contributed by atoms with Gasteiger partial charge in [0.2, 0.25) is 35.4 Å². The van der Waals surface area contributed by atoms with Crippen molar-refractivity contribution in [1.29, 1.82) is 5.41 Å². The molecule has 8 rings (SSSR count). The zero-order valence-electron chi connectivity index (χ0n) is 67.3. The van der Waals surface area contributed by atoms with Gasteiger partial charge >= 0.3 is 5.97 Å². The number of aromatic amines is 1. The predicted molar refractivity (Wildman–Crippen MR) is 451 cm³/mol. The van der Waals surface area contributed by atoms with Crippen molar-refractivity contribution in [2.45, 2.75) is 148 Å². The van der Waals surface area contributed by atoms with E-state index in [2.05, 4.69) is 47.5 Å². The number of Topliss-reactive ketones (excluding diaryl/α,β-unsaturated/α-hetero) is 4. The highest BCUT2D eigenvalue weighted by Gasteiger charge is 2.38. The molecule has 628 valence electrons. The molecule has 30 heteroatoms. The number of phenols is 2. The Morgan fingerprint density at radius 1 is 0.551 bits per heavy atom. The van der Waals surface area contributed by atoms with E-state index in [-0.39, 0.29) is 159 Å². The molecule has 0 bridgehead atoms. The van der Waals surface area contributed by atoms with Crippen LogP contribution in [0.15, 0.2) is 149 Å². The number of carbonyl (C=O) groups excluding carboxylic acids is 11. The van der Waals surface area contributed by atoms with Gasteiger partial charge in [0.1, 0.15) is 22.8 Å². The van der Waals surface area contributed by atoms with Crippen LogP contribution in [-0.4, -0.2) is 166 Å². The maximum atomic E-state index is 15.2. The summed E-state index contributed by atoms with van der Waals surface area (Å²) in [6.45, 7) is 6.99. The van der Waals surface area contributed by atoms with Crippen molar-refractivity contribution in [2.75, 3.05) is 45.2 Å². The van der Waals surface area contributed by atoms with Gasteiger partial charge in [-0.2, -0.15) is 11.8 Å². The fourth-order valence-corrected chi connectivity index (χ4v) is 14.9. The first kappa shape index (κ1) is 91.5. The highest BCUT2D eigenvalue weighted by molar-refractivity contribution is 7.98. The van der Waals surface area contributed by atoms with Crippen molar-refractivity contribution in [1.82, 2.24) is 47.5 Å². The molecule has 1 aromatic heterocycles. The van der Waals surface area contributed by atoms with E-state index in [1.165, 1.54) is 79.5 Å². The SMILES string of the molecule is CNC(=O)[C@@H](CC(=O)[C@H](CCSC)NC(=O)[C@@H](CC(=O)[C@@H](NC(=O)[C@@H](CC(=O)[C@H](Cc1ccccc1)NC(=O)[C@H](CCCNC(=N)N)CC(=O)[C@H](CCCCN)NC(=O)CCNC(=O)CCNC(=O)c1ccc(-c2c3ccc(=O)cc-3oc3cc(O)ccc23)c(C(=O)O)c1)Cc1ccc(O)cc1)C(C)C)C(C)C)Cc1c[nH]c2ccccc12. The minimum Gasteiger partial charge on any atom is -0.508 e. The molecule has 0 saturated carbocycles. The maximum Gasteiger partial charge on any atom is 0.336 e. The number of unbranched alkanes of at least 4 members (excludes halogenated alkanes) is 1. The molecular formula is C88H108N12O17S. The van der Waals surface area contributed by atoms with Crippen molar-refractivity contribution >= 4 is 110 Å². The van der Waals surface area contributed by atoms with Gasteiger partial charge in [0, 0.05) is 140 Å². The number of carboxylic acid groups (broad SMARTS) is 1. The fraction of sp³-hybridized carbons (Fsp3) is 0.409.